The summed E-state index contributed by atoms with van der Waals surface area (Å²) in [7, 11) is 0. The lowest BCUT2D eigenvalue weighted by Crippen LogP contribution is -2.31. The normalized spacial score (nSPS) is 12.7. The van der Waals surface area contributed by atoms with Gasteiger partial charge in [-0.3, -0.25) is 0 Å². The molecule has 1 atom stereocenters. The third-order valence-electron chi connectivity index (χ3n) is 1.60. The first-order valence-electron chi connectivity index (χ1n) is 4.70. The van der Waals surface area contributed by atoms with E-state index in [0.29, 0.717) is 19.0 Å². The predicted octanol–water partition coefficient (Wildman–Crippen LogP) is 1.11. The average molecular weight is 188 g/mol. The highest BCUT2D eigenvalue weighted by Crippen LogP contribution is 1.97. The Bertz CT molecular complexity index is 149. The van der Waals surface area contributed by atoms with Crippen LogP contribution in [0.5, 0.6) is 0 Å². The molecule has 0 aliphatic heterocycles. The summed E-state index contributed by atoms with van der Waals surface area (Å²) in [6.45, 7) is 6.97. The Labute approximate surface area is 79.8 Å². The van der Waals surface area contributed by atoms with Gasteiger partial charge in [-0.25, -0.2) is 4.79 Å². The molecule has 4 heteroatoms. The zero-order valence-corrected chi connectivity index (χ0v) is 8.67. The Kier molecular flexibility index (Phi) is 6.32. The summed E-state index contributed by atoms with van der Waals surface area (Å²) in [6.07, 6.45) is 0.505. The minimum atomic E-state index is -0.348. The van der Waals surface area contributed by atoms with Crippen molar-refractivity contribution in [1.82, 2.24) is 5.32 Å². The van der Waals surface area contributed by atoms with Gasteiger partial charge in [0, 0.05) is 6.54 Å². The topological polar surface area (TPSA) is 64.3 Å². The molecule has 0 saturated heterocycles. The maximum atomic E-state index is 11.0. The first-order valence-corrected chi connectivity index (χ1v) is 4.70. The Hall–Kier alpha value is -0.770. The number of carbonyl (C=O) groups is 1. The molecule has 0 spiro atoms. The number of nitrogens with one attached hydrogen (secondary N) is 1. The van der Waals surface area contributed by atoms with Gasteiger partial charge in [-0.1, -0.05) is 6.92 Å². The van der Waals surface area contributed by atoms with Gasteiger partial charge >= 0.3 is 6.09 Å². The van der Waals surface area contributed by atoms with E-state index in [1.54, 1.807) is 0 Å². The molecule has 0 fully saturated rings. The van der Waals surface area contributed by atoms with Crippen LogP contribution in [-0.2, 0) is 4.74 Å². The summed E-state index contributed by atoms with van der Waals surface area (Å²) in [5.41, 5.74) is 5.37. The molecular formula is C9H20N2O2. The van der Waals surface area contributed by atoms with Crippen LogP contribution in [0.1, 0.15) is 27.2 Å². The third kappa shape index (κ3) is 7.59. The number of carbonyl (C=O) groups excluding carboxylic acids is 1. The Morgan fingerprint density at radius 3 is 2.54 bits per heavy atom. The van der Waals surface area contributed by atoms with Crippen LogP contribution in [0.15, 0.2) is 0 Å². The van der Waals surface area contributed by atoms with E-state index in [0.717, 1.165) is 6.42 Å². The summed E-state index contributed by atoms with van der Waals surface area (Å²) in [4.78, 5) is 11.0. The number of nitrogens with two attached hydrogens (primary N) is 1. The van der Waals surface area contributed by atoms with Gasteiger partial charge in [0.25, 0.3) is 0 Å². The minimum absolute atomic E-state index is 0.0650. The summed E-state index contributed by atoms with van der Waals surface area (Å²) in [6, 6.07) is 0. The monoisotopic (exact) mass is 188 g/mol. The van der Waals surface area contributed by atoms with E-state index in [-0.39, 0.29) is 12.2 Å². The molecule has 0 bridgehead atoms. The zero-order chi connectivity index (χ0) is 10.3. The molecule has 0 radical (unpaired) electrons. The van der Waals surface area contributed by atoms with Crippen molar-refractivity contribution in [3.05, 3.63) is 0 Å². The van der Waals surface area contributed by atoms with Crippen LogP contribution in [0.3, 0.4) is 0 Å². The lowest BCUT2D eigenvalue weighted by molar-refractivity contribution is 0.114. The summed E-state index contributed by atoms with van der Waals surface area (Å²) in [5.74, 6) is 0.407. The van der Waals surface area contributed by atoms with Crippen molar-refractivity contribution in [2.24, 2.45) is 11.7 Å². The molecule has 0 aliphatic rings. The van der Waals surface area contributed by atoms with Gasteiger partial charge in [0.05, 0.1) is 6.10 Å². The van der Waals surface area contributed by atoms with Crippen LogP contribution in [-0.4, -0.2) is 25.3 Å². The summed E-state index contributed by atoms with van der Waals surface area (Å²) >= 11 is 0. The zero-order valence-electron chi connectivity index (χ0n) is 8.67. The number of hydrogen-bond acceptors (Lipinski definition) is 3. The second kappa shape index (κ2) is 6.71. The second-order valence-electron chi connectivity index (χ2n) is 3.52. The highest BCUT2D eigenvalue weighted by atomic mass is 16.6. The molecule has 78 valence electrons. The van der Waals surface area contributed by atoms with Crippen molar-refractivity contribution in [3.63, 3.8) is 0 Å². The predicted molar refractivity (Wildman–Crippen MR) is 52.5 cm³/mol. The molecule has 0 heterocycles. The SMILES string of the molecule is CC(CCN)CNC(=O)OC(C)C. The number of hydrogen-bond donors (Lipinski definition) is 2. The van der Waals surface area contributed by atoms with Gasteiger partial charge in [-0.05, 0) is 32.7 Å². The molecule has 0 aromatic carbocycles. The molecule has 0 saturated carbocycles. The number of rotatable bonds is 5. The largest absolute Gasteiger partial charge is 0.447 e. The van der Waals surface area contributed by atoms with E-state index >= 15 is 0 Å². The Morgan fingerprint density at radius 2 is 2.08 bits per heavy atom. The first kappa shape index (κ1) is 12.2. The summed E-state index contributed by atoms with van der Waals surface area (Å²) in [5, 5.41) is 2.68. The van der Waals surface area contributed by atoms with Crippen LogP contribution in [0.2, 0.25) is 0 Å². The summed E-state index contributed by atoms with van der Waals surface area (Å²) < 4.78 is 4.90. The number of amides is 1. The van der Waals surface area contributed by atoms with E-state index in [1.807, 2.05) is 20.8 Å². The Balaban J connectivity index is 3.46. The minimum Gasteiger partial charge on any atom is -0.447 e. The molecule has 4 nitrogen and oxygen atoms in total. The highest BCUT2D eigenvalue weighted by molar-refractivity contribution is 5.67. The highest BCUT2D eigenvalue weighted by Gasteiger charge is 2.06. The fourth-order valence-corrected chi connectivity index (χ4v) is 0.900. The number of alkyl carbamates (subject to hydrolysis) is 1. The smallest absolute Gasteiger partial charge is 0.407 e. The second-order valence-corrected chi connectivity index (χ2v) is 3.52. The van der Waals surface area contributed by atoms with Crippen molar-refractivity contribution >= 4 is 6.09 Å². The number of ether oxygens (including phenoxy) is 1. The maximum Gasteiger partial charge on any atom is 0.407 e. The van der Waals surface area contributed by atoms with Gasteiger partial charge in [0.15, 0.2) is 0 Å². The van der Waals surface area contributed by atoms with E-state index < -0.39 is 0 Å². The van der Waals surface area contributed by atoms with Crippen LogP contribution in [0.25, 0.3) is 0 Å². The maximum absolute atomic E-state index is 11.0. The molecule has 0 aliphatic carbocycles. The van der Waals surface area contributed by atoms with E-state index in [2.05, 4.69) is 5.32 Å². The first-order chi connectivity index (χ1) is 6.06. The molecule has 1 unspecified atom stereocenters. The van der Waals surface area contributed by atoms with Crippen LogP contribution < -0.4 is 11.1 Å². The van der Waals surface area contributed by atoms with Gasteiger partial charge in [0.1, 0.15) is 0 Å². The van der Waals surface area contributed by atoms with Crippen molar-refractivity contribution in [1.29, 1.82) is 0 Å². The van der Waals surface area contributed by atoms with Crippen molar-refractivity contribution in [2.75, 3.05) is 13.1 Å². The van der Waals surface area contributed by atoms with Crippen LogP contribution in [0.4, 0.5) is 4.79 Å². The lowest BCUT2D eigenvalue weighted by atomic mass is 10.1. The molecule has 1 amide bonds. The standard InChI is InChI=1S/C9H20N2O2/c1-7(2)13-9(12)11-6-8(3)4-5-10/h7-8H,4-6,10H2,1-3H3,(H,11,12). The molecule has 0 rings (SSSR count). The van der Waals surface area contributed by atoms with Gasteiger partial charge in [0.2, 0.25) is 0 Å². The quantitative estimate of drug-likeness (QED) is 0.679. The van der Waals surface area contributed by atoms with Gasteiger partial charge in [-0.2, -0.15) is 0 Å². The fraction of sp³-hybridized carbons (Fsp3) is 0.889. The van der Waals surface area contributed by atoms with Crippen molar-refractivity contribution in [3.8, 4) is 0 Å². The van der Waals surface area contributed by atoms with Crippen LogP contribution >= 0.6 is 0 Å². The molecule has 13 heavy (non-hydrogen) atoms. The average Bonchev–Trinajstić information content (AvgIpc) is 2.00. The van der Waals surface area contributed by atoms with Crippen LogP contribution in [0, 0.1) is 5.92 Å². The van der Waals surface area contributed by atoms with Gasteiger partial charge in [-0.15, -0.1) is 0 Å². The fourth-order valence-electron chi connectivity index (χ4n) is 0.900. The molecular weight excluding hydrogens is 168 g/mol. The van der Waals surface area contributed by atoms with Crippen molar-refractivity contribution in [2.45, 2.75) is 33.3 Å². The molecule has 3 N–H and O–H groups in total. The van der Waals surface area contributed by atoms with E-state index in [9.17, 15) is 4.79 Å². The Morgan fingerprint density at radius 1 is 1.46 bits per heavy atom. The van der Waals surface area contributed by atoms with E-state index in [4.69, 9.17) is 10.5 Å². The van der Waals surface area contributed by atoms with Crippen molar-refractivity contribution < 1.29 is 9.53 Å². The third-order valence-corrected chi connectivity index (χ3v) is 1.60. The molecule has 0 aromatic heterocycles. The van der Waals surface area contributed by atoms with Gasteiger partial charge < -0.3 is 15.8 Å². The lowest BCUT2D eigenvalue weighted by Gasteiger charge is -2.12. The molecule has 0 aromatic rings. The van der Waals surface area contributed by atoms with E-state index in [1.165, 1.54) is 0 Å².